The highest BCUT2D eigenvalue weighted by atomic mass is 19.4. The summed E-state index contributed by atoms with van der Waals surface area (Å²) in [5, 5.41) is 8.77. The standard InChI is InChI=1S/C8H14F3NO/c9-8(10,11)7(13)4-5-1-2-6(12)3-5/h5-7,13H,1-4,12H2. The topological polar surface area (TPSA) is 46.2 Å². The highest BCUT2D eigenvalue weighted by Crippen LogP contribution is 2.32. The molecule has 5 heteroatoms. The van der Waals surface area contributed by atoms with Crippen molar-refractivity contribution in [3.8, 4) is 0 Å². The van der Waals surface area contributed by atoms with Gasteiger partial charge >= 0.3 is 6.18 Å². The summed E-state index contributed by atoms with van der Waals surface area (Å²) in [5.74, 6) is -0.0633. The molecule has 3 N–H and O–H groups in total. The lowest BCUT2D eigenvalue weighted by Crippen LogP contribution is -2.30. The van der Waals surface area contributed by atoms with Gasteiger partial charge in [-0.2, -0.15) is 13.2 Å². The monoisotopic (exact) mass is 197 g/mol. The van der Waals surface area contributed by atoms with E-state index in [1.54, 1.807) is 0 Å². The van der Waals surface area contributed by atoms with Crippen molar-refractivity contribution in [2.75, 3.05) is 0 Å². The molecule has 1 aliphatic carbocycles. The van der Waals surface area contributed by atoms with Crippen LogP contribution in [0.25, 0.3) is 0 Å². The zero-order valence-electron chi connectivity index (χ0n) is 7.22. The molecule has 3 atom stereocenters. The van der Waals surface area contributed by atoms with Gasteiger partial charge in [-0.15, -0.1) is 0 Å². The predicted molar refractivity (Wildman–Crippen MR) is 42.0 cm³/mol. The first-order chi connectivity index (χ1) is 5.89. The van der Waals surface area contributed by atoms with Gasteiger partial charge in [0.1, 0.15) is 6.10 Å². The molecule has 0 aromatic rings. The average Bonchev–Trinajstić information content (AvgIpc) is 2.33. The Kier molecular flexibility index (Phi) is 3.18. The van der Waals surface area contributed by atoms with E-state index in [1.165, 1.54) is 0 Å². The molecule has 1 fully saturated rings. The van der Waals surface area contributed by atoms with Crippen molar-refractivity contribution >= 4 is 0 Å². The summed E-state index contributed by atoms with van der Waals surface area (Å²) in [7, 11) is 0. The molecule has 78 valence electrons. The Bertz CT molecular complexity index is 171. The van der Waals surface area contributed by atoms with E-state index in [9.17, 15) is 13.2 Å². The van der Waals surface area contributed by atoms with Gasteiger partial charge in [0.2, 0.25) is 0 Å². The van der Waals surface area contributed by atoms with Crippen molar-refractivity contribution < 1.29 is 18.3 Å². The lowest BCUT2D eigenvalue weighted by molar-refractivity contribution is -0.208. The second kappa shape index (κ2) is 3.84. The number of rotatable bonds is 2. The maximum Gasteiger partial charge on any atom is 0.414 e. The first-order valence-corrected chi connectivity index (χ1v) is 4.40. The summed E-state index contributed by atoms with van der Waals surface area (Å²) < 4.78 is 35.8. The highest BCUT2D eigenvalue weighted by Gasteiger charge is 2.40. The third-order valence-electron chi connectivity index (χ3n) is 2.52. The molecule has 13 heavy (non-hydrogen) atoms. The Morgan fingerprint density at radius 3 is 2.38 bits per heavy atom. The Morgan fingerprint density at radius 2 is 2.00 bits per heavy atom. The Morgan fingerprint density at radius 1 is 1.38 bits per heavy atom. The van der Waals surface area contributed by atoms with Crippen LogP contribution in [0.5, 0.6) is 0 Å². The van der Waals surface area contributed by atoms with Crippen LogP contribution in [0, 0.1) is 5.92 Å². The minimum atomic E-state index is -4.48. The Labute approximate surface area is 74.9 Å². The quantitative estimate of drug-likeness (QED) is 0.703. The van der Waals surface area contributed by atoms with Crippen molar-refractivity contribution in [1.29, 1.82) is 0 Å². The largest absolute Gasteiger partial charge is 0.414 e. The predicted octanol–water partition coefficient (Wildman–Crippen LogP) is 1.43. The summed E-state index contributed by atoms with van der Waals surface area (Å²) in [6.07, 6.45) is -4.77. The van der Waals surface area contributed by atoms with Crippen molar-refractivity contribution in [2.45, 2.75) is 44.0 Å². The molecule has 0 radical (unpaired) electrons. The Hall–Kier alpha value is -0.290. The van der Waals surface area contributed by atoms with Crippen molar-refractivity contribution in [2.24, 2.45) is 11.7 Å². The molecule has 0 aromatic carbocycles. The lowest BCUT2D eigenvalue weighted by Gasteiger charge is -2.17. The molecule has 0 saturated heterocycles. The second-order valence-electron chi connectivity index (χ2n) is 3.73. The minimum absolute atomic E-state index is 0.0189. The molecule has 1 aliphatic rings. The molecular formula is C8H14F3NO. The zero-order valence-corrected chi connectivity index (χ0v) is 7.22. The van der Waals surface area contributed by atoms with E-state index in [-0.39, 0.29) is 18.4 Å². The number of hydrogen-bond acceptors (Lipinski definition) is 2. The van der Waals surface area contributed by atoms with E-state index in [0.717, 1.165) is 6.42 Å². The fourth-order valence-corrected chi connectivity index (χ4v) is 1.78. The molecule has 0 aliphatic heterocycles. The van der Waals surface area contributed by atoms with E-state index in [1.807, 2.05) is 0 Å². The van der Waals surface area contributed by atoms with Gasteiger partial charge in [0, 0.05) is 6.04 Å². The van der Waals surface area contributed by atoms with Gasteiger partial charge in [0.05, 0.1) is 0 Å². The van der Waals surface area contributed by atoms with E-state index >= 15 is 0 Å². The number of hydrogen-bond donors (Lipinski definition) is 2. The smallest absolute Gasteiger partial charge is 0.384 e. The molecule has 1 rings (SSSR count). The molecule has 1 saturated carbocycles. The van der Waals surface area contributed by atoms with Crippen molar-refractivity contribution in [3.05, 3.63) is 0 Å². The summed E-state index contributed by atoms with van der Waals surface area (Å²) in [5.41, 5.74) is 5.55. The first kappa shape index (κ1) is 10.8. The van der Waals surface area contributed by atoms with Gasteiger partial charge in [-0.1, -0.05) is 0 Å². The van der Waals surface area contributed by atoms with Crippen LogP contribution in [0.2, 0.25) is 0 Å². The SMILES string of the molecule is NC1CCC(CC(O)C(F)(F)F)C1. The first-order valence-electron chi connectivity index (χ1n) is 4.40. The normalized spacial score (nSPS) is 32.1. The van der Waals surface area contributed by atoms with E-state index < -0.39 is 12.3 Å². The molecule has 2 nitrogen and oxygen atoms in total. The van der Waals surface area contributed by atoms with E-state index in [4.69, 9.17) is 10.8 Å². The maximum atomic E-state index is 11.9. The zero-order chi connectivity index (χ0) is 10.1. The average molecular weight is 197 g/mol. The molecule has 0 heterocycles. The van der Waals surface area contributed by atoms with Crippen molar-refractivity contribution in [1.82, 2.24) is 0 Å². The summed E-state index contributed by atoms with van der Waals surface area (Å²) in [6, 6.07) is 0.0189. The number of halogens is 3. The minimum Gasteiger partial charge on any atom is -0.384 e. The van der Waals surface area contributed by atoms with Gasteiger partial charge in [0.15, 0.2) is 0 Å². The van der Waals surface area contributed by atoms with Crippen LogP contribution in [0.15, 0.2) is 0 Å². The van der Waals surface area contributed by atoms with E-state index in [2.05, 4.69) is 0 Å². The number of aliphatic hydroxyl groups is 1. The van der Waals surface area contributed by atoms with Crippen LogP contribution >= 0.6 is 0 Å². The van der Waals surface area contributed by atoms with Crippen LogP contribution < -0.4 is 5.73 Å². The molecule has 0 aromatic heterocycles. The maximum absolute atomic E-state index is 11.9. The fraction of sp³-hybridized carbons (Fsp3) is 1.00. The number of nitrogens with two attached hydrogens (primary N) is 1. The molecular weight excluding hydrogens is 183 g/mol. The summed E-state index contributed by atoms with van der Waals surface area (Å²) >= 11 is 0. The summed E-state index contributed by atoms with van der Waals surface area (Å²) in [6.45, 7) is 0. The lowest BCUT2D eigenvalue weighted by atomic mass is 9.99. The van der Waals surface area contributed by atoms with Gasteiger partial charge in [-0.05, 0) is 31.6 Å². The van der Waals surface area contributed by atoms with Crippen LogP contribution in [-0.2, 0) is 0 Å². The number of alkyl halides is 3. The Balaban J connectivity index is 2.33. The van der Waals surface area contributed by atoms with Gasteiger partial charge < -0.3 is 10.8 Å². The molecule has 0 bridgehead atoms. The number of aliphatic hydroxyl groups excluding tert-OH is 1. The van der Waals surface area contributed by atoms with Gasteiger partial charge in [0.25, 0.3) is 0 Å². The van der Waals surface area contributed by atoms with Crippen LogP contribution in [0.1, 0.15) is 25.7 Å². The molecule has 3 unspecified atom stereocenters. The summed E-state index contributed by atoms with van der Waals surface area (Å²) in [4.78, 5) is 0. The van der Waals surface area contributed by atoms with Gasteiger partial charge in [-0.25, -0.2) is 0 Å². The van der Waals surface area contributed by atoms with Crippen LogP contribution in [0.3, 0.4) is 0 Å². The van der Waals surface area contributed by atoms with Crippen LogP contribution in [0.4, 0.5) is 13.2 Å². The van der Waals surface area contributed by atoms with Crippen LogP contribution in [-0.4, -0.2) is 23.4 Å². The third-order valence-corrected chi connectivity index (χ3v) is 2.52. The van der Waals surface area contributed by atoms with E-state index in [0.29, 0.717) is 12.8 Å². The molecule has 0 amide bonds. The highest BCUT2D eigenvalue weighted by molar-refractivity contribution is 4.81. The fourth-order valence-electron chi connectivity index (χ4n) is 1.78. The van der Waals surface area contributed by atoms with Crippen molar-refractivity contribution in [3.63, 3.8) is 0 Å². The second-order valence-corrected chi connectivity index (χ2v) is 3.73. The molecule has 0 spiro atoms. The van der Waals surface area contributed by atoms with Gasteiger partial charge in [-0.3, -0.25) is 0 Å². The third kappa shape index (κ3) is 3.15.